The van der Waals surface area contributed by atoms with Gasteiger partial charge in [0.15, 0.2) is 5.96 Å². The minimum Gasteiger partial charge on any atom is -0.480 e. The van der Waals surface area contributed by atoms with Crippen LogP contribution in [0.2, 0.25) is 0 Å². The zero-order valence-electron chi connectivity index (χ0n) is 28.6. The zero-order valence-corrected chi connectivity index (χ0v) is 28.6. The van der Waals surface area contributed by atoms with Crippen LogP contribution in [0.15, 0.2) is 0 Å². The molecule has 0 heterocycles. The van der Waals surface area contributed by atoms with Gasteiger partial charge in [-0.25, -0.2) is 5.43 Å². The third-order valence-electron chi connectivity index (χ3n) is 8.71. The minimum absolute atomic E-state index is 0.0796. The van der Waals surface area contributed by atoms with Gasteiger partial charge in [-0.1, -0.05) is 180 Å². The summed E-state index contributed by atoms with van der Waals surface area (Å²) in [7, 11) is 0. The Morgan fingerprint density at radius 2 is 0.884 bits per heavy atom. The number of nitrogens with one attached hydrogen (secondary N) is 4. The van der Waals surface area contributed by atoms with Crippen LogP contribution in [0.25, 0.3) is 0 Å². The maximum atomic E-state index is 11.3. The van der Waals surface area contributed by atoms with Gasteiger partial charge in [0.1, 0.15) is 6.04 Å². The molecule has 0 aliphatic heterocycles. The summed E-state index contributed by atoms with van der Waals surface area (Å²) in [6.07, 6.45) is 40.5. The Morgan fingerprint density at radius 1 is 0.558 bits per heavy atom. The maximum Gasteiger partial charge on any atom is 0.322 e. The number of carboxylic acid groups (broad SMARTS) is 1. The van der Waals surface area contributed by atoms with Gasteiger partial charge in [-0.2, -0.15) is 0 Å². The molecule has 0 unspecified atom stereocenters. The van der Waals surface area contributed by atoms with Crippen LogP contribution in [-0.4, -0.2) is 36.2 Å². The van der Waals surface area contributed by atoms with Gasteiger partial charge in [-0.05, 0) is 19.3 Å². The van der Waals surface area contributed by atoms with Gasteiger partial charge in [0.2, 0.25) is 0 Å². The van der Waals surface area contributed by atoms with Crippen LogP contribution in [0.3, 0.4) is 0 Å². The molecule has 43 heavy (non-hydrogen) atoms. The number of carbonyl (C=O) groups is 1. The number of carboxylic acids is 1. The average molecular weight is 610 g/mol. The van der Waals surface area contributed by atoms with Crippen molar-refractivity contribution in [2.24, 2.45) is 5.73 Å². The summed E-state index contributed by atoms with van der Waals surface area (Å²) < 4.78 is 0. The first-order chi connectivity index (χ1) is 21.1. The molecule has 7 heteroatoms. The molecule has 0 saturated heterocycles. The molecule has 0 aromatic heterocycles. The van der Waals surface area contributed by atoms with Crippen molar-refractivity contribution in [3.8, 4) is 0 Å². The Hall–Kier alpha value is -1.34. The highest BCUT2D eigenvalue weighted by Gasteiger charge is 2.15. The molecular formula is C36H75N5O2. The van der Waals surface area contributed by atoms with Crippen molar-refractivity contribution in [1.82, 2.24) is 16.2 Å². The van der Waals surface area contributed by atoms with E-state index in [9.17, 15) is 9.90 Å². The van der Waals surface area contributed by atoms with E-state index in [0.29, 0.717) is 19.4 Å². The van der Waals surface area contributed by atoms with Crippen LogP contribution in [0.4, 0.5) is 0 Å². The molecule has 1 atom stereocenters. The number of hydrazine groups is 1. The quantitative estimate of drug-likeness (QED) is 0.0182. The van der Waals surface area contributed by atoms with Crippen LogP contribution in [0.1, 0.15) is 200 Å². The van der Waals surface area contributed by atoms with E-state index in [-0.39, 0.29) is 5.96 Å². The zero-order chi connectivity index (χ0) is 31.5. The van der Waals surface area contributed by atoms with Crippen molar-refractivity contribution in [3.63, 3.8) is 0 Å². The first-order valence-electron chi connectivity index (χ1n) is 18.9. The fourth-order valence-electron chi connectivity index (χ4n) is 5.86. The lowest BCUT2D eigenvalue weighted by atomic mass is 10.0. The van der Waals surface area contributed by atoms with Gasteiger partial charge < -0.3 is 16.2 Å². The molecule has 0 spiro atoms. The Labute approximate surface area is 267 Å². The Bertz CT molecular complexity index is 590. The van der Waals surface area contributed by atoms with E-state index < -0.39 is 12.0 Å². The number of hydrogen-bond donors (Lipinski definition) is 6. The first kappa shape index (κ1) is 41.7. The van der Waals surface area contributed by atoms with E-state index in [1.807, 2.05) is 0 Å². The highest BCUT2D eigenvalue weighted by molar-refractivity contribution is 5.74. The van der Waals surface area contributed by atoms with E-state index in [4.69, 9.17) is 11.1 Å². The molecule has 256 valence electrons. The van der Waals surface area contributed by atoms with Crippen molar-refractivity contribution in [1.29, 1.82) is 5.41 Å². The lowest BCUT2D eigenvalue weighted by molar-refractivity contribution is -0.140. The standard InChI is InChI=1S/C36H75N5O2/c1-2-3-4-5-6-7-8-9-10-11-12-13-14-15-16-17-18-19-20-21-22-23-24-25-26-27-28-29-33-40-41-34(35(42)43)31-30-32-39-36(37)38/h34,40-41H,2-33H2,1H3,(H,42,43)(H4,37,38,39)/t34-/m0/s1. The molecule has 7 nitrogen and oxygen atoms in total. The summed E-state index contributed by atoms with van der Waals surface area (Å²) in [4.78, 5) is 11.3. The fraction of sp³-hybridized carbons (Fsp3) is 0.944. The van der Waals surface area contributed by atoms with E-state index in [0.717, 1.165) is 13.0 Å². The minimum atomic E-state index is -0.856. The summed E-state index contributed by atoms with van der Waals surface area (Å²) in [5, 5.41) is 19.1. The smallest absolute Gasteiger partial charge is 0.322 e. The average Bonchev–Trinajstić information content (AvgIpc) is 2.98. The van der Waals surface area contributed by atoms with Crippen molar-refractivity contribution < 1.29 is 9.90 Å². The lowest BCUT2D eigenvalue weighted by Crippen LogP contribution is -2.46. The molecule has 0 aliphatic rings. The molecule has 0 amide bonds. The number of rotatable bonds is 36. The molecule has 7 N–H and O–H groups in total. The monoisotopic (exact) mass is 610 g/mol. The van der Waals surface area contributed by atoms with Crippen LogP contribution >= 0.6 is 0 Å². The molecule has 0 bridgehead atoms. The lowest BCUT2D eigenvalue weighted by Gasteiger charge is -2.15. The van der Waals surface area contributed by atoms with E-state index in [1.165, 1.54) is 173 Å². The molecule has 0 fully saturated rings. The van der Waals surface area contributed by atoms with Gasteiger partial charge in [0.05, 0.1) is 0 Å². The fourth-order valence-corrected chi connectivity index (χ4v) is 5.86. The third kappa shape index (κ3) is 35.0. The van der Waals surface area contributed by atoms with Gasteiger partial charge in [-0.3, -0.25) is 15.6 Å². The van der Waals surface area contributed by atoms with Crippen molar-refractivity contribution >= 4 is 11.9 Å². The molecule has 0 aliphatic carbocycles. The van der Waals surface area contributed by atoms with Crippen LogP contribution in [-0.2, 0) is 4.79 Å². The number of guanidine groups is 1. The second-order valence-corrected chi connectivity index (χ2v) is 13.0. The Balaban J connectivity index is 3.21. The predicted octanol–water partition coefficient (Wildman–Crippen LogP) is 9.74. The predicted molar refractivity (Wildman–Crippen MR) is 187 cm³/mol. The third-order valence-corrected chi connectivity index (χ3v) is 8.71. The van der Waals surface area contributed by atoms with E-state index >= 15 is 0 Å². The topological polar surface area (TPSA) is 123 Å². The normalized spacial score (nSPS) is 12.0. The second kappa shape index (κ2) is 35.1. The van der Waals surface area contributed by atoms with Gasteiger partial charge >= 0.3 is 5.97 Å². The van der Waals surface area contributed by atoms with E-state index in [2.05, 4.69) is 23.1 Å². The molecular weight excluding hydrogens is 534 g/mol. The summed E-state index contributed by atoms with van der Waals surface area (Å²) in [6, 6.07) is -0.618. The number of unbranched alkanes of at least 4 members (excludes halogenated alkanes) is 27. The summed E-state index contributed by atoms with van der Waals surface area (Å²) in [5.41, 5.74) is 11.2. The van der Waals surface area contributed by atoms with Gasteiger partial charge in [0.25, 0.3) is 0 Å². The van der Waals surface area contributed by atoms with Crippen molar-refractivity contribution in [2.45, 2.75) is 206 Å². The van der Waals surface area contributed by atoms with Crippen LogP contribution in [0, 0.1) is 5.41 Å². The first-order valence-corrected chi connectivity index (χ1v) is 18.9. The molecule has 0 radical (unpaired) electrons. The van der Waals surface area contributed by atoms with E-state index in [1.54, 1.807) is 0 Å². The molecule has 0 saturated carbocycles. The highest BCUT2D eigenvalue weighted by atomic mass is 16.4. The van der Waals surface area contributed by atoms with Crippen molar-refractivity contribution in [2.75, 3.05) is 13.1 Å². The summed E-state index contributed by atoms with van der Waals surface area (Å²) >= 11 is 0. The highest BCUT2D eigenvalue weighted by Crippen LogP contribution is 2.16. The SMILES string of the molecule is CCCCCCCCCCCCCCCCCCCCCCCCCCCCCCNN[C@@H](CCCNC(=N)N)C(=O)O. The Kier molecular flexibility index (Phi) is 34.0. The Morgan fingerprint density at radius 3 is 1.19 bits per heavy atom. The molecule has 0 rings (SSSR count). The second-order valence-electron chi connectivity index (χ2n) is 13.0. The number of aliphatic carboxylic acids is 1. The summed E-state index contributed by atoms with van der Waals surface area (Å²) in [6.45, 7) is 3.60. The molecule has 0 aromatic rings. The van der Waals surface area contributed by atoms with Crippen LogP contribution < -0.4 is 21.9 Å². The molecule has 0 aromatic carbocycles. The van der Waals surface area contributed by atoms with Gasteiger partial charge in [0, 0.05) is 13.1 Å². The van der Waals surface area contributed by atoms with Gasteiger partial charge in [-0.15, -0.1) is 0 Å². The number of nitrogens with two attached hydrogens (primary N) is 1. The van der Waals surface area contributed by atoms with Crippen molar-refractivity contribution in [3.05, 3.63) is 0 Å². The number of hydrogen-bond acceptors (Lipinski definition) is 4. The maximum absolute atomic E-state index is 11.3. The summed E-state index contributed by atoms with van der Waals surface area (Å²) in [5.74, 6) is -0.935. The largest absolute Gasteiger partial charge is 0.480 e. The van der Waals surface area contributed by atoms with Crippen LogP contribution in [0.5, 0.6) is 0 Å².